The molecule has 1 aromatic carbocycles. The second-order valence-electron chi connectivity index (χ2n) is 4.82. The summed E-state index contributed by atoms with van der Waals surface area (Å²) in [6, 6.07) is 8.69. The number of nitrogens with zero attached hydrogens (tertiary/aromatic N) is 1. The Morgan fingerprint density at radius 2 is 2.00 bits per heavy atom. The van der Waals surface area contributed by atoms with Crippen LogP contribution < -0.4 is 10.5 Å². The monoisotopic (exact) mass is 234 g/mol. The van der Waals surface area contributed by atoms with Crippen molar-refractivity contribution >= 4 is 0 Å². The second kappa shape index (κ2) is 5.52. The fourth-order valence-corrected chi connectivity index (χ4v) is 2.61. The van der Waals surface area contributed by atoms with Gasteiger partial charge < -0.3 is 15.4 Å². The number of methoxy groups -OCH3 is 1. The molecule has 0 aliphatic carbocycles. The smallest absolute Gasteiger partial charge is 0.118 e. The number of nitrogens with two attached hydrogens (primary N) is 1. The minimum atomic E-state index is 0.302. The Hall–Kier alpha value is -1.06. The molecule has 3 heteroatoms. The molecule has 0 radical (unpaired) electrons. The highest BCUT2D eigenvalue weighted by atomic mass is 16.5. The molecule has 1 heterocycles. The number of ether oxygens (including phenoxy) is 1. The maximum atomic E-state index is 6.12. The molecule has 1 aromatic rings. The van der Waals surface area contributed by atoms with Crippen LogP contribution in [-0.2, 0) is 0 Å². The number of piperidine rings is 1. The van der Waals surface area contributed by atoms with Crippen LogP contribution in [0.4, 0.5) is 0 Å². The van der Waals surface area contributed by atoms with Gasteiger partial charge >= 0.3 is 0 Å². The van der Waals surface area contributed by atoms with E-state index in [-0.39, 0.29) is 0 Å². The lowest BCUT2D eigenvalue weighted by Crippen LogP contribution is -2.45. The van der Waals surface area contributed by atoms with E-state index in [4.69, 9.17) is 10.5 Å². The van der Waals surface area contributed by atoms with Crippen molar-refractivity contribution in [3.8, 4) is 5.75 Å². The van der Waals surface area contributed by atoms with Crippen molar-refractivity contribution in [2.24, 2.45) is 5.73 Å². The van der Waals surface area contributed by atoms with Gasteiger partial charge in [0.05, 0.1) is 7.11 Å². The highest BCUT2D eigenvalue weighted by Crippen LogP contribution is 2.27. The first-order valence-electron chi connectivity index (χ1n) is 6.34. The molecule has 0 amide bonds. The largest absolute Gasteiger partial charge is 0.497 e. The molecule has 17 heavy (non-hydrogen) atoms. The fraction of sp³-hybridized carbons (Fsp3) is 0.571. The van der Waals surface area contributed by atoms with Crippen LogP contribution in [0.25, 0.3) is 0 Å². The van der Waals surface area contributed by atoms with Gasteiger partial charge in [0.1, 0.15) is 5.75 Å². The Labute approximate surface area is 104 Å². The molecule has 1 saturated heterocycles. The molecule has 94 valence electrons. The summed E-state index contributed by atoms with van der Waals surface area (Å²) in [4.78, 5) is 2.43. The molecule has 1 aliphatic rings. The lowest BCUT2D eigenvalue weighted by molar-refractivity contribution is 0.197. The molecule has 0 saturated carbocycles. The van der Waals surface area contributed by atoms with Gasteiger partial charge in [0.15, 0.2) is 0 Å². The zero-order valence-electron chi connectivity index (χ0n) is 10.7. The van der Waals surface area contributed by atoms with E-state index >= 15 is 0 Å². The Morgan fingerprint density at radius 1 is 1.29 bits per heavy atom. The van der Waals surface area contributed by atoms with Crippen molar-refractivity contribution in [3.63, 3.8) is 0 Å². The second-order valence-corrected chi connectivity index (χ2v) is 4.82. The first-order chi connectivity index (χ1) is 8.22. The molecule has 1 fully saturated rings. The van der Waals surface area contributed by atoms with Crippen LogP contribution in [0.3, 0.4) is 0 Å². The summed E-state index contributed by atoms with van der Waals surface area (Å²) >= 11 is 0. The lowest BCUT2D eigenvalue weighted by Gasteiger charge is -2.35. The van der Waals surface area contributed by atoms with Gasteiger partial charge in [0.25, 0.3) is 0 Å². The average Bonchev–Trinajstić information content (AvgIpc) is 2.38. The summed E-state index contributed by atoms with van der Waals surface area (Å²) in [7, 11) is 1.70. The number of likely N-dealkylation sites (N-methyl/N-ethyl adjacent to an activating group) is 1. The van der Waals surface area contributed by atoms with E-state index in [2.05, 4.69) is 24.0 Å². The summed E-state index contributed by atoms with van der Waals surface area (Å²) in [6.07, 6.45) is 1.09. The molecule has 3 nitrogen and oxygen atoms in total. The first-order valence-corrected chi connectivity index (χ1v) is 6.34. The fourth-order valence-electron chi connectivity index (χ4n) is 2.61. The zero-order valence-corrected chi connectivity index (χ0v) is 10.7. The van der Waals surface area contributed by atoms with E-state index in [1.54, 1.807) is 7.11 Å². The predicted octanol–water partition coefficient (Wildman–Crippen LogP) is 1.83. The average molecular weight is 234 g/mol. The van der Waals surface area contributed by atoms with E-state index < -0.39 is 0 Å². The first kappa shape index (κ1) is 12.4. The van der Waals surface area contributed by atoms with Gasteiger partial charge in [-0.1, -0.05) is 19.1 Å². The van der Waals surface area contributed by atoms with E-state index in [1.807, 2.05) is 12.1 Å². The maximum Gasteiger partial charge on any atom is 0.118 e. The number of hydrogen-bond acceptors (Lipinski definition) is 3. The van der Waals surface area contributed by atoms with Gasteiger partial charge in [-0.15, -0.1) is 0 Å². The van der Waals surface area contributed by atoms with Crippen LogP contribution >= 0.6 is 0 Å². The molecule has 2 unspecified atom stereocenters. The van der Waals surface area contributed by atoms with Crippen molar-refractivity contribution in [2.75, 3.05) is 26.7 Å². The van der Waals surface area contributed by atoms with E-state index in [0.29, 0.717) is 12.0 Å². The summed E-state index contributed by atoms with van der Waals surface area (Å²) in [5.74, 6) is 1.48. The van der Waals surface area contributed by atoms with Crippen molar-refractivity contribution < 1.29 is 4.74 Å². The molecule has 2 N–H and O–H groups in total. The van der Waals surface area contributed by atoms with Crippen molar-refractivity contribution in [2.45, 2.75) is 25.3 Å². The molecule has 1 aliphatic heterocycles. The van der Waals surface area contributed by atoms with Gasteiger partial charge in [0.2, 0.25) is 0 Å². The highest BCUT2D eigenvalue weighted by molar-refractivity contribution is 5.30. The lowest BCUT2D eigenvalue weighted by atomic mass is 9.88. The highest BCUT2D eigenvalue weighted by Gasteiger charge is 2.25. The van der Waals surface area contributed by atoms with Crippen LogP contribution in [0.1, 0.15) is 24.8 Å². The Balaban J connectivity index is 2.09. The quantitative estimate of drug-likeness (QED) is 0.867. The van der Waals surface area contributed by atoms with Crippen molar-refractivity contribution in [1.82, 2.24) is 4.90 Å². The topological polar surface area (TPSA) is 38.5 Å². The third-order valence-corrected chi connectivity index (χ3v) is 3.59. The number of likely N-dealkylation sites (tertiary alicyclic amines) is 1. The third-order valence-electron chi connectivity index (χ3n) is 3.59. The Morgan fingerprint density at radius 3 is 2.59 bits per heavy atom. The molecule has 2 rings (SSSR count). The van der Waals surface area contributed by atoms with Crippen LogP contribution in [0.5, 0.6) is 5.75 Å². The summed E-state index contributed by atoms with van der Waals surface area (Å²) in [6.45, 7) is 5.43. The summed E-state index contributed by atoms with van der Waals surface area (Å²) < 4.78 is 5.18. The molecular weight excluding hydrogens is 212 g/mol. The van der Waals surface area contributed by atoms with Gasteiger partial charge in [-0.3, -0.25) is 0 Å². The van der Waals surface area contributed by atoms with E-state index in [1.165, 1.54) is 5.56 Å². The molecule has 0 spiro atoms. The molecular formula is C14H22N2O. The van der Waals surface area contributed by atoms with Gasteiger partial charge in [0, 0.05) is 19.1 Å². The number of rotatable bonds is 3. The molecule has 2 atom stereocenters. The van der Waals surface area contributed by atoms with Crippen LogP contribution in [0.15, 0.2) is 24.3 Å². The third kappa shape index (κ3) is 2.99. The van der Waals surface area contributed by atoms with Crippen LogP contribution in [0, 0.1) is 0 Å². The van der Waals surface area contributed by atoms with Gasteiger partial charge in [-0.2, -0.15) is 0 Å². The number of benzene rings is 1. The summed E-state index contributed by atoms with van der Waals surface area (Å²) in [5.41, 5.74) is 7.49. The van der Waals surface area contributed by atoms with Crippen molar-refractivity contribution in [1.29, 1.82) is 0 Å². The summed E-state index contributed by atoms with van der Waals surface area (Å²) in [5, 5.41) is 0. The standard InChI is InChI=1S/C14H22N2O/c1-3-16-9-12(8-13(15)10-16)11-4-6-14(17-2)7-5-11/h4-7,12-13H,3,8-10,15H2,1-2H3. The van der Waals surface area contributed by atoms with E-state index in [0.717, 1.165) is 31.8 Å². The molecule has 0 bridgehead atoms. The SMILES string of the molecule is CCN1CC(N)CC(c2ccc(OC)cc2)C1. The van der Waals surface area contributed by atoms with Crippen LogP contribution in [-0.4, -0.2) is 37.7 Å². The van der Waals surface area contributed by atoms with Gasteiger partial charge in [-0.25, -0.2) is 0 Å². The van der Waals surface area contributed by atoms with Crippen LogP contribution in [0.2, 0.25) is 0 Å². The predicted molar refractivity (Wildman–Crippen MR) is 70.4 cm³/mol. The maximum absolute atomic E-state index is 6.12. The van der Waals surface area contributed by atoms with Crippen molar-refractivity contribution in [3.05, 3.63) is 29.8 Å². The minimum Gasteiger partial charge on any atom is -0.497 e. The van der Waals surface area contributed by atoms with Gasteiger partial charge in [-0.05, 0) is 36.6 Å². The number of hydrogen-bond donors (Lipinski definition) is 1. The Bertz CT molecular complexity index is 350. The Kier molecular flexibility index (Phi) is 4.02. The minimum absolute atomic E-state index is 0.302. The normalized spacial score (nSPS) is 25.8. The zero-order chi connectivity index (χ0) is 12.3. The molecule has 0 aromatic heterocycles. The van der Waals surface area contributed by atoms with E-state index in [9.17, 15) is 0 Å².